The molecule has 2 aliphatic heterocycles. The third-order valence-electron chi connectivity index (χ3n) is 6.14. The number of fused-ring (bicyclic) bond motifs is 2. The van der Waals surface area contributed by atoms with Crippen molar-refractivity contribution in [3.63, 3.8) is 0 Å². The number of H-pyrrole nitrogens is 1. The molecule has 2 aliphatic rings. The van der Waals surface area contributed by atoms with Gasteiger partial charge in [0.25, 0.3) is 5.91 Å². The summed E-state index contributed by atoms with van der Waals surface area (Å²) in [6, 6.07) is 5.82. The van der Waals surface area contributed by atoms with E-state index in [1.165, 1.54) is 17.6 Å². The van der Waals surface area contributed by atoms with E-state index in [0.717, 1.165) is 39.3 Å². The molecule has 1 atom stereocenters. The van der Waals surface area contributed by atoms with Crippen LogP contribution in [0.3, 0.4) is 0 Å². The summed E-state index contributed by atoms with van der Waals surface area (Å²) in [4.78, 5) is 23.7. The first-order valence-electron chi connectivity index (χ1n) is 11.0. The van der Waals surface area contributed by atoms with Crippen molar-refractivity contribution in [1.82, 2.24) is 15.3 Å². The smallest absolute Gasteiger partial charge is 0.263 e. The van der Waals surface area contributed by atoms with Gasteiger partial charge in [-0.2, -0.15) is 0 Å². The fourth-order valence-electron chi connectivity index (χ4n) is 4.70. The Morgan fingerprint density at radius 2 is 2.15 bits per heavy atom. The Kier molecular flexibility index (Phi) is 5.49. The van der Waals surface area contributed by atoms with Crippen LogP contribution in [0.15, 0.2) is 24.4 Å². The van der Waals surface area contributed by atoms with Crippen LogP contribution in [0.5, 0.6) is 0 Å². The molecule has 0 spiro atoms. The first-order chi connectivity index (χ1) is 15.6. The monoisotopic (exact) mass is 488 g/mol. The van der Waals surface area contributed by atoms with Crippen LogP contribution in [0, 0.1) is 0 Å². The number of sulfone groups is 1. The molecule has 0 unspecified atom stereocenters. The lowest BCUT2D eigenvalue weighted by Crippen LogP contribution is -2.48. The Morgan fingerprint density at radius 3 is 2.94 bits per heavy atom. The third kappa shape index (κ3) is 4.64. The lowest BCUT2D eigenvalue weighted by Gasteiger charge is -2.35. The summed E-state index contributed by atoms with van der Waals surface area (Å²) in [7, 11) is -3.11. The van der Waals surface area contributed by atoms with Gasteiger partial charge in [0, 0.05) is 41.9 Å². The average molecular weight is 489 g/mol. The molecule has 1 fully saturated rings. The maximum absolute atomic E-state index is 12.6. The van der Waals surface area contributed by atoms with Crippen LogP contribution < -0.4 is 10.2 Å². The average Bonchev–Trinajstić information content (AvgIpc) is 3.31. The molecular formula is C23H28N4O4S2. The minimum Gasteiger partial charge on any atom is -0.377 e. The molecular weight excluding hydrogens is 460 g/mol. The van der Waals surface area contributed by atoms with Crippen LogP contribution in [0.4, 0.5) is 5.13 Å². The number of thiazole rings is 1. The van der Waals surface area contributed by atoms with Gasteiger partial charge in [-0.3, -0.25) is 4.79 Å². The molecule has 10 heteroatoms. The largest absolute Gasteiger partial charge is 0.377 e. The van der Waals surface area contributed by atoms with Crippen molar-refractivity contribution in [2.24, 2.45) is 0 Å². The zero-order valence-electron chi connectivity index (χ0n) is 19.0. The van der Waals surface area contributed by atoms with Gasteiger partial charge in [0.1, 0.15) is 4.88 Å². The summed E-state index contributed by atoms with van der Waals surface area (Å²) >= 11 is 1.45. The van der Waals surface area contributed by atoms with E-state index < -0.39 is 9.84 Å². The molecule has 176 valence electrons. The van der Waals surface area contributed by atoms with Crippen molar-refractivity contribution in [2.45, 2.75) is 44.0 Å². The number of morpholine rings is 1. The zero-order valence-corrected chi connectivity index (χ0v) is 20.6. The number of aromatic amines is 1. The highest BCUT2D eigenvalue weighted by Gasteiger charge is 2.35. The molecule has 1 aromatic carbocycles. The number of benzene rings is 1. The topological polar surface area (TPSA) is 104 Å². The van der Waals surface area contributed by atoms with Crippen LogP contribution in [0.2, 0.25) is 0 Å². The molecule has 0 bridgehead atoms. The SMILES string of the molecule is CC1(C)Cc2nc(N3CCOC[C@@H]3Cc3c[nH]c4ccc(CS(C)(=O)=O)cc34)sc2C(=O)N1. The molecule has 0 saturated carbocycles. The van der Waals surface area contributed by atoms with E-state index in [-0.39, 0.29) is 23.2 Å². The first kappa shape index (κ1) is 22.4. The summed E-state index contributed by atoms with van der Waals surface area (Å²) in [5, 5.41) is 4.95. The Balaban J connectivity index is 1.43. The van der Waals surface area contributed by atoms with Crippen molar-refractivity contribution in [2.75, 3.05) is 30.9 Å². The fourth-order valence-corrected chi connectivity index (χ4v) is 6.56. The highest BCUT2D eigenvalue weighted by Crippen LogP contribution is 2.34. The molecule has 0 radical (unpaired) electrons. The molecule has 0 aliphatic carbocycles. The van der Waals surface area contributed by atoms with Gasteiger partial charge in [0.05, 0.1) is 30.7 Å². The Bertz CT molecular complexity index is 1330. The number of nitrogens with one attached hydrogen (secondary N) is 2. The van der Waals surface area contributed by atoms with E-state index >= 15 is 0 Å². The summed E-state index contributed by atoms with van der Waals surface area (Å²) in [6.07, 6.45) is 4.68. The van der Waals surface area contributed by atoms with Gasteiger partial charge in [0.15, 0.2) is 15.0 Å². The number of ether oxygens (including phenoxy) is 1. The Morgan fingerprint density at radius 1 is 1.33 bits per heavy atom. The molecule has 2 N–H and O–H groups in total. The minimum atomic E-state index is -3.11. The number of nitrogens with zero attached hydrogens (tertiary/aromatic N) is 2. The Hall–Kier alpha value is -2.43. The molecule has 8 nitrogen and oxygen atoms in total. The second-order valence-corrected chi connectivity index (χ2v) is 12.8. The number of aromatic nitrogens is 2. The van der Waals surface area contributed by atoms with Crippen molar-refractivity contribution in [3.8, 4) is 0 Å². The molecule has 2 aromatic heterocycles. The number of hydrogen-bond acceptors (Lipinski definition) is 7. The van der Waals surface area contributed by atoms with Crippen LogP contribution in [-0.4, -0.2) is 61.9 Å². The van der Waals surface area contributed by atoms with Crippen LogP contribution in [-0.2, 0) is 33.2 Å². The minimum absolute atomic E-state index is 0.0231. The maximum atomic E-state index is 12.6. The third-order valence-corrected chi connectivity index (χ3v) is 8.13. The molecule has 5 rings (SSSR count). The Labute approximate surface area is 197 Å². The fraction of sp³-hybridized carbons (Fsp3) is 0.478. The van der Waals surface area contributed by atoms with E-state index in [2.05, 4.69) is 15.2 Å². The number of carbonyl (C=O) groups is 1. The highest BCUT2D eigenvalue weighted by molar-refractivity contribution is 7.89. The standard InChI is InChI=1S/C23H28N4O4S2/c1-23(2)10-19-20(21(28)26-23)32-22(25-19)27-6-7-31-12-16(27)9-15-11-24-18-5-4-14(8-17(15)18)13-33(3,29)30/h4-5,8,11,16,24H,6-7,9-10,12-13H2,1-3H3,(H,26,28)/t16-/m0/s1. The van der Waals surface area contributed by atoms with Gasteiger partial charge >= 0.3 is 0 Å². The second kappa shape index (κ2) is 8.11. The van der Waals surface area contributed by atoms with Crippen molar-refractivity contribution >= 4 is 43.1 Å². The molecule has 1 amide bonds. The van der Waals surface area contributed by atoms with Crippen LogP contribution >= 0.6 is 11.3 Å². The van der Waals surface area contributed by atoms with E-state index in [1.54, 1.807) is 0 Å². The van der Waals surface area contributed by atoms with E-state index in [4.69, 9.17) is 9.72 Å². The van der Waals surface area contributed by atoms with Gasteiger partial charge in [0.2, 0.25) is 0 Å². The van der Waals surface area contributed by atoms with E-state index in [9.17, 15) is 13.2 Å². The molecule has 1 saturated heterocycles. The normalized spacial score (nSPS) is 20.6. The van der Waals surface area contributed by atoms with Crippen molar-refractivity contribution in [1.29, 1.82) is 0 Å². The van der Waals surface area contributed by atoms with Crippen molar-refractivity contribution < 1.29 is 17.9 Å². The maximum Gasteiger partial charge on any atom is 0.263 e. The summed E-state index contributed by atoms with van der Waals surface area (Å²) < 4.78 is 29.3. The van der Waals surface area contributed by atoms with Gasteiger partial charge < -0.3 is 19.9 Å². The van der Waals surface area contributed by atoms with Crippen LogP contribution in [0.25, 0.3) is 10.9 Å². The van der Waals surface area contributed by atoms with Crippen molar-refractivity contribution in [3.05, 3.63) is 46.1 Å². The van der Waals surface area contributed by atoms with Crippen LogP contribution in [0.1, 0.15) is 40.3 Å². The second-order valence-electron chi connectivity index (χ2n) is 9.68. The number of amides is 1. The van der Waals surface area contributed by atoms with Gasteiger partial charge in [-0.15, -0.1) is 0 Å². The zero-order chi connectivity index (χ0) is 23.4. The lowest BCUT2D eigenvalue weighted by atomic mass is 9.94. The lowest BCUT2D eigenvalue weighted by molar-refractivity contribution is 0.0900. The predicted molar refractivity (Wildman–Crippen MR) is 130 cm³/mol. The quantitative estimate of drug-likeness (QED) is 0.572. The summed E-state index contributed by atoms with van der Waals surface area (Å²) in [5.41, 5.74) is 3.44. The van der Waals surface area contributed by atoms with Gasteiger partial charge in [-0.1, -0.05) is 17.4 Å². The highest BCUT2D eigenvalue weighted by atomic mass is 32.2. The van der Waals surface area contributed by atoms with Gasteiger partial charge in [-0.25, -0.2) is 13.4 Å². The molecule has 33 heavy (non-hydrogen) atoms. The van der Waals surface area contributed by atoms with E-state index in [0.29, 0.717) is 31.1 Å². The predicted octanol–water partition coefficient (Wildman–Crippen LogP) is 2.68. The first-order valence-corrected chi connectivity index (χ1v) is 13.9. The summed E-state index contributed by atoms with van der Waals surface area (Å²) in [6.45, 7) is 5.92. The number of carbonyl (C=O) groups excluding carboxylic acids is 1. The molecule has 4 heterocycles. The molecule has 3 aromatic rings. The number of rotatable bonds is 5. The van der Waals surface area contributed by atoms with Gasteiger partial charge in [-0.05, 0) is 43.5 Å². The van der Waals surface area contributed by atoms with E-state index in [1.807, 2.05) is 38.2 Å². The summed E-state index contributed by atoms with van der Waals surface area (Å²) in [5.74, 6) is -0.0279. The number of hydrogen-bond donors (Lipinski definition) is 2. The number of anilines is 1.